The first-order valence-corrected chi connectivity index (χ1v) is 6.35. The largest absolute Gasteiger partial charge is 0.368 e. The summed E-state index contributed by atoms with van der Waals surface area (Å²) in [6.45, 7) is 3.37. The van der Waals surface area contributed by atoms with Gasteiger partial charge < -0.3 is 5.32 Å². The molecule has 2 aromatic rings. The molecule has 1 N–H and O–H groups in total. The molecule has 2 aromatic heterocycles. The van der Waals surface area contributed by atoms with Gasteiger partial charge >= 0.3 is 0 Å². The van der Waals surface area contributed by atoms with Crippen molar-refractivity contribution in [2.75, 3.05) is 11.9 Å². The van der Waals surface area contributed by atoms with Crippen LogP contribution in [0.15, 0.2) is 24.7 Å². The number of rotatable bonds is 3. The topological polar surface area (TPSA) is 42.2 Å². The van der Waals surface area contributed by atoms with Crippen LogP contribution >= 0.6 is 0 Å². The summed E-state index contributed by atoms with van der Waals surface area (Å²) in [7, 11) is 0. The summed E-state index contributed by atoms with van der Waals surface area (Å²) in [5.74, 6) is 2.64. The molecule has 0 radical (unpaired) electrons. The summed E-state index contributed by atoms with van der Waals surface area (Å²) in [4.78, 5) is 4.39. The van der Waals surface area contributed by atoms with Gasteiger partial charge in [0, 0.05) is 18.9 Å². The van der Waals surface area contributed by atoms with Crippen molar-refractivity contribution in [1.82, 2.24) is 14.6 Å². The zero-order valence-electron chi connectivity index (χ0n) is 10.1. The van der Waals surface area contributed by atoms with E-state index in [1.165, 1.54) is 19.3 Å². The third-order valence-corrected chi connectivity index (χ3v) is 3.69. The van der Waals surface area contributed by atoms with Gasteiger partial charge in [-0.05, 0) is 30.7 Å². The highest BCUT2D eigenvalue weighted by atomic mass is 15.2. The molecule has 3 rings (SSSR count). The third-order valence-electron chi connectivity index (χ3n) is 3.69. The van der Waals surface area contributed by atoms with Crippen LogP contribution in [0.3, 0.4) is 0 Å². The fourth-order valence-electron chi connectivity index (χ4n) is 2.75. The van der Waals surface area contributed by atoms with Crippen molar-refractivity contribution < 1.29 is 0 Å². The summed E-state index contributed by atoms with van der Waals surface area (Å²) >= 11 is 0. The number of nitrogens with one attached hydrogen (secondary N) is 1. The summed E-state index contributed by atoms with van der Waals surface area (Å²) < 4.78 is 1.85. The number of anilines is 1. The Hall–Kier alpha value is -1.58. The van der Waals surface area contributed by atoms with Crippen LogP contribution in [-0.2, 0) is 0 Å². The smallest absolute Gasteiger partial charge is 0.152 e. The molecule has 1 fully saturated rings. The van der Waals surface area contributed by atoms with Crippen LogP contribution in [0.2, 0.25) is 0 Å². The normalized spacial score (nSPS) is 24.3. The van der Waals surface area contributed by atoms with Gasteiger partial charge in [0.05, 0.1) is 6.20 Å². The van der Waals surface area contributed by atoms with Gasteiger partial charge in [0.25, 0.3) is 0 Å². The molecule has 2 unspecified atom stereocenters. The number of fused-ring (bicyclic) bond motifs is 1. The van der Waals surface area contributed by atoms with Gasteiger partial charge in [0.15, 0.2) is 5.82 Å². The molecule has 4 heteroatoms. The van der Waals surface area contributed by atoms with E-state index in [4.69, 9.17) is 0 Å². The maximum atomic E-state index is 4.39. The fourth-order valence-corrected chi connectivity index (χ4v) is 2.75. The van der Waals surface area contributed by atoms with Crippen LogP contribution in [0.1, 0.15) is 26.2 Å². The van der Waals surface area contributed by atoms with E-state index in [1.54, 1.807) is 12.4 Å². The summed E-state index contributed by atoms with van der Waals surface area (Å²) in [5.41, 5.74) is 1.05. The van der Waals surface area contributed by atoms with Crippen LogP contribution in [0.25, 0.3) is 5.52 Å². The highest BCUT2D eigenvalue weighted by Crippen LogP contribution is 2.30. The number of aromatic nitrogens is 3. The Morgan fingerprint density at radius 3 is 3.18 bits per heavy atom. The monoisotopic (exact) mass is 230 g/mol. The second-order valence-electron chi connectivity index (χ2n) is 5.10. The molecule has 0 amide bonds. The van der Waals surface area contributed by atoms with Crippen molar-refractivity contribution in [3.8, 4) is 0 Å². The molecule has 90 valence electrons. The van der Waals surface area contributed by atoms with Crippen LogP contribution in [-0.4, -0.2) is 21.1 Å². The molecule has 2 atom stereocenters. The first-order valence-electron chi connectivity index (χ1n) is 6.35. The zero-order valence-corrected chi connectivity index (χ0v) is 10.1. The average molecular weight is 230 g/mol. The van der Waals surface area contributed by atoms with Crippen molar-refractivity contribution >= 4 is 11.3 Å². The summed E-state index contributed by atoms with van der Waals surface area (Å²) in [6, 6.07) is 1.99. The van der Waals surface area contributed by atoms with E-state index in [-0.39, 0.29) is 0 Å². The molecule has 2 heterocycles. The second-order valence-corrected chi connectivity index (χ2v) is 5.10. The third kappa shape index (κ3) is 2.12. The van der Waals surface area contributed by atoms with E-state index < -0.39 is 0 Å². The van der Waals surface area contributed by atoms with Gasteiger partial charge in [-0.1, -0.05) is 13.3 Å². The van der Waals surface area contributed by atoms with Crippen molar-refractivity contribution in [3.05, 3.63) is 24.7 Å². The van der Waals surface area contributed by atoms with Gasteiger partial charge in [0.2, 0.25) is 0 Å². The van der Waals surface area contributed by atoms with E-state index in [0.717, 1.165) is 29.7 Å². The molecular formula is C13H18N4. The second kappa shape index (κ2) is 4.35. The standard InChI is InChI=1S/C13H18N4/c1-10-2-3-11(8-10)9-15-13-12-4-5-16-17(12)7-6-14-13/h4-7,10-11H,2-3,8-9H2,1H3,(H,14,15). The highest BCUT2D eigenvalue weighted by Gasteiger charge is 2.21. The number of hydrogen-bond donors (Lipinski definition) is 1. The molecule has 0 saturated heterocycles. The lowest BCUT2D eigenvalue weighted by Crippen LogP contribution is -2.13. The molecule has 1 aliphatic carbocycles. The lowest BCUT2D eigenvalue weighted by atomic mass is 10.1. The Morgan fingerprint density at radius 1 is 1.41 bits per heavy atom. The van der Waals surface area contributed by atoms with E-state index in [1.807, 2.05) is 16.8 Å². The van der Waals surface area contributed by atoms with Crippen LogP contribution in [0, 0.1) is 11.8 Å². The molecule has 1 saturated carbocycles. The Labute approximate surface area is 101 Å². The molecule has 0 aliphatic heterocycles. The molecule has 0 spiro atoms. The average Bonchev–Trinajstić information content (AvgIpc) is 2.94. The molecular weight excluding hydrogens is 212 g/mol. The van der Waals surface area contributed by atoms with E-state index >= 15 is 0 Å². The van der Waals surface area contributed by atoms with Crippen LogP contribution in [0.5, 0.6) is 0 Å². The summed E-state index contributed by atoms with van der Waals surface area (Å²) in [6.07, 6.45) is 9.53. The maximum Gasteiger partial charge on any atom is 0.152 e. The predicted octanol–water partition coefficient (Wildman–Crippen LogP) is 2.58. The minimum absolute atomic E-state index is 0.801. The van der Waals surface area contributed by atoms with Gasteiger partial charge in [-0.15, -0.1) is 0 Å². The molecule has 1 aliphatic rings. The molecule has 0 aromatic carbocycles. The van der Waals surface area contributed by atoms with Crippen molar-refractivity contribution in [2.45, 2.75) is 26.2 Å². The van der Waals surface area contributed by atoms with E-state index in [9.17, 15) is 0 Å². The molecule has 4 nitrogen and oxygen atoms in total. The van der Waals surface area contributed by atoms with E-state index in [0.29, 0.717) is 0 Å². The Morgan fingerprint density at radius 2 is 2.35 bits per heavy atom. The Balaban J connectivity index is 1.70. The van der Waals surface area contributed by atoms with E-state index in [2.05, 4.69) is 22.3 Å². The Bertz CT molecular complexity index is 505. The van der Waals surface area contributed by atoms with Gasteiger partial charge in [-0.3, -0.25) is 0 Å². The lowest BCUT2D eigenvalue weighted by Gasteiger charge is -2.12. The maximum absolute atomic E-state index is 4.39. The van der Waals surface area contributed by atoms with Crippen molar-refractivity contribution in [1.29, 1.82) is 0 Å². The zero-order chi connectivity index (χ0) is 11.7. The van der Waals surface area contributed by atoms with Gasteiger partial charge in [-0.2, -0.15) is 5.10 Å². The first kappa shape index (κ1) is 10.6. The Kier molecular flexibility index (Phi) is 2.71. The quantitative estimate of drug-likeness (QED) is 0.881. The number of nitrogens with zero attached hydrogens (tertiary/aromatic N) is 3. The highest BCUT2D eigenvalue weighted by molar-refractivity contribution is 5.66. The fraction of sp³-hybridized carbons (Fsp3) is 0.538. The molecule has 17 heavy (non-hydrogen) atoms. The van der Waals surface area contributed by atoms with Crippen molar-refractivity contribution in [2.24, 2.45) is 11.8 Å². The van der Waals surface area contributed by atoms with Gasteiger partial charge in [0.1, 0.15) is 5.52 Å². The van der Waals surface area contributed by atoms with Crippen LogP contribution < -0.4 is 5.32 Å². The predicted molar refractivity (Wildman–Crippen MR) is 68.0 cm³/mol. The lowest BCUT2D eigenvalue weighted by molar-refractivity contribution is 0.536. The van der Waals surface area contributed by atoms with Crippen molar-refractivity contribution in [3.63, 3.8) is 0 Å². The minimum atomic E-state index is 0.801. The SMILES string of the molecule is CC1CCC(CNc2nccn3nccc23)C1. The summed E-state index contributed by atoms with van der Waals surface area (Å²) in [5, 5.41) is 7.67. The number of hydrogen-bond acceptors (Lipinski definition) is 3. The van der Waals surface area contributed by atoms with Crippen LogP contribution in [0.4, 0.5) is 5.82 Å². The molecule has 0 bridgehead atoms. The first-order chi connectivity index (χ1) is 8.33. The van der Waals surface area contributed by atoms with Gasteiger partial charge in [-0.25, -0.2) is 9.50 Å². The minimum Gasteiger partial charge on any atom is -0.368 e.